The highest BCUT2D eigenvalue weighted by atomic mass is 16.3. The molecule has 0 bridgehead atoms. The Morgan fingerprint density at radius 2 is 1.55 bits per heavy atom. The molecule has 2 aromatic carbocycles. The Labute approximate surface area is 132 Å². The minimum absolute atomic E-state index is 0.393. The normalized spacial score (nSPS) is 19.3. The zero-order valence-corrected chi connectivity index (χ0v) is 13.4. The molecule has 0 aliphatic heterocycles. The second-order valence-electron chi connectivity index (χ2n) is 6.08. The molecular formula is C21H22O. The Bertz CT molecular complexity index is 738. The van der Waals surface area contributed by atoms with Crippen molar-refractivity contribution in [3.05, 3.63) is 88.5 Å². The van der Waals surface area contributed by atoms with E-state index in [0.717, 1.165) is 16.7 Å². The van der Waals surface area contributed by atoms with Crippen molar-refractivity contribution in [2.24, 2.45) is 5.92 Å². The van der Waals surface area contributed by atoms with Gasteiger partial charge in [-0.1, -0.05) is 73.2 Å². The quantitative estimate of drug-likeness (QED) is 0.830. The second-order valence-corrected chi connectivity index (χ2v) is 6.08. The molecule has 22 heavy (non-hydrogen) atoms. The number of hydrogen-bond acceptors (Lipinski definition) is 1. The molecule has 0 aromatic heterocycles. The minimum atomic E-state index is -0.592. The van der Waals surface area contributed by atoms with Crippen molar-refractivity contribution in [3.63, 3.8) is 0 Å². The molecule has 2 unspecified atom stereocenters. The molecule has 1 aliphatic carbocycles. The maximum Gasteiger partial charge on any atom is 0.105 e. The summed E-state index contributed by atoms with van der Waals surface area (Å²) in [7, 11) is 0. The lowest BCUT2D eigenvalue weighted by Crippen LogP contribution is -2.05. The molecule has 0 spiro atoms. The Morgan fingerprint density at radius 3 is 2.18 bits per heavy atom. The van der Waals surface area contributed by atoms with E-state index in [0.29, 0.717) is 5.92 Å². The summed E-state index contributed by atoms with van der Waals surface area (Å²) in [6, 6.07) is 18.1. The fraction of sp³-hybridized carbons (Fsp3) is 0.238. The monoisotopic (exact) mass is 290 g/mol. The van der Waals surface area contributed by atoms with Crippen LogP contribution in [0.1, 0.15) is 43.6 Å². The predicted octanol–water partition coefficient (Wildman–Crippen LogP) is 5.14. The minimum Gasteiger partial charge on any atom is -0.384 e. The number of rotatable bonds is 3. The zero-order chi connectivity index (χ0) is 15.7. The van der Waals surface area contributed by atoms with Crippen LogP contribution in [0.4, 0.5) is 0 Å². The third-order valence-corrected chi connectivity index (χ3v) is 4.61. The summed E-state index contributed by atoms with van der Waals surface area (Å²) in [4.78, 5) is 0. The summed E-state index contributed by atoms with van der Waals surface area (Å²) in [6.45, 7) is 6.56. The van der Waals surface area contributed by atoms with Gasteiger partial charge in [0.1, 0.15) is 6.10 Å². The third-order valence-electron chi connectivity index (χ3n) is 4.61. The Hall–Kier alpha value is -2.12. The Balaban J connectivity index is 2.09. The van der Waals surface area contributed by atoms with Crippen molar-refractivity contribution in [2.75, 3.05) is 0 Å². The van der Waals surface area contributed by atoms with Crippen molar-refractivity contribution in [3.8, 4) is 0 Å². The van der Waals surface area contributed by atoms with E-state index in [1.165, 1.54) is 16.7 Å². The highest BCUT2D eigenvalue weighted by Crippen LogP contribution is 2.40. The topological polar surface area (TPSA) is 20.2 Å². The van der Waals surface area contributed by atoms with E-state index in [1.54, 1.807) is 0 Å². The van der Waals surface area contributed by atoms with Gasteiger partial charge in [0.2, 0.25) is 0 Å². The van der Waals surface area contributed by atoms with Crippen LogP contribution in [0.3, 0.4) is 0 Å². The summed E-state index contributed by atoms with van der Waals surface area (Å²) >= 11 is 0. The first-order valence-electron chi connectivity index (χ1n) is 7.81. The number of aliphatic hydroxyl groups excluding tert-OH is 1. The SMILES string of the molecule is CC1=CC(C)C(c2ccccc2C(O)c2ccccc2)=C1C. The van der Waals surface area contributed by atoms with E-state index in [9.17, 15) is 5.11 Å². The van der Waals surface area contributed by atoms with Crippen molar-refractivity contribution in [1.82, 2.24) is 0 Å². The van der Waals surface area contributed by atoms with Crippen LogP contribution in [0.25, 0.3) is 5.57 Å². The van der Waals surface area contributed by atoms with Gasteiger partial charge in [-0.25, -0.2) is 0 Å². The second kappa shape index (κ2) is 5.94. The van der Waals surface area contributed by atoms with E-state index >= 15 is 0 Å². The fourth-order valence-corrected chi connectivity index (χ4v) is 3.38. The van der Waals surface area contributed by atoms with Gasteiger partial charge in [0.15, 0.2) is 0 Å². The van der Waals surface area contributed by atoms with Crippen LogP contribution < -0.4 is 0 Å². The summed E-state index contributed by atoms with van der Waals surface area (Å²) in [6.07, 6.45) is 1.71. The maximum atomic E-state index is 10.8. The number of hydrogen-bond donors (Lipinski definition) is 1. The van der Waals surface area contributed by atoms with Gasteiger partial charge >= 0.3 is 0 Å². The van der Waals surface area contributed by atoms with Crippen LogP contribution in [-0.4, -0.2) is 5.11 Å². The van der Waals surface area contributed by atoms with Crippen LogP contribution in [0.5, 0.6) is 0 Å². The van der Waals surface area contributed by atoms with Crippen LogP contribution in [-0.2, 0) is 0 Å². The lowest BCUT2D eigenvalue weighted by Gasteiger charge is -2.20. The molecule has 2 aromatic rings. The average molecular weight is 290 g/mol. The van der Waals surface area contributed by atoms with Gasteiger partial charge in [0.05, 0.1) is 0 Å². The third kappa shape index (κ3) is 2.53. The summed E-state index contributed by atoms with van der Waals surface area (Å²) in [5.74, 6) is 0.393. The Morgan fingerprint density at radius 1 is 0.909 bits per heavy atom. The van der Waals surface area contributed by atoms with E-state index < -0.39 is 6.10 Å². The van der Waals surface area contributed by atoms with Crippen LogP contribution in [0.15, 0.2) is 71.8 Å². The predicted molar refractivity (Wildman–Crippen MR) is 92.5 cm³/mol. The molecule has 3 rings (SSSR count). The molecule has 0 heterocycles. The average Bonchev–Trinajstić information content (AvgIpc) is 2.80. The van der Waals surface area contributed by atoms with Gasteiger partial charge < -0.3 is 5.11 Å². The molecule has 2 atom stereocenters. The molecule has 0 saturated carbocycles. The summed E-state index contributed by atoms with van der Waals surface area (Å²) in [5, 5.41) is 10.8. The van der Waals surface area contributed by atoms with Gasteiger partial charge in [0, 0.05) is 5.92 Å². The van der Waals surface area contributed by atoms with Gasteiger partial charge in [-0.15, -0.1) is 0 Å². The van der Waals surface area contributed by atoms with Gasteiger partial charge in [-0.3, -0.25) is 0 Å². The highest BCUT2D eigenvalue weighted by Gasteiger charge is 2.24. The van der Waals surface area contributed by atoms with Crippen molar-refractivity contribution in [2.45, 2.75) is 26.9 Å². The van der Waals surface area contributed by atoms with E-state index in [1.807, 2.05) is 42.5 Å². The van der Waals surface area contributed by atoms with E-state index in [4.69, 9.17) is 0 Å². The highest BCUT2D eigenvalue weighted by molar-refractivity contribution is 5.80. The maximum absolute atomic E-state index is 10.8. The summed E-state index contributed by atoms with van der Waals surface area (Å²) in [5.41, 5.74) is 7.09. The lowest BCUT2D eigenvalue weighted by atomic mass is 9.87. The number of aliphatic hydroxyl groups is 1. The lowest BCUT2D eigenvalue weighted by molar-refractivity contribution is 0.220. The molecule has 0 radical (unpaired) electrons. The van der Waals surface area contributed by atoms with Gasteiger partial charge in [-0.2, -0.15) is 0 Å². The molecule has 0 saturated heterocycles. The molecule has 1 N–H and O–H groups in total. The first-order chi connectivity index (χ1) is 10.6. The largest absolute Gasteiger partial charge is 0.384 e. The van der Waals surface area contributed by atoms with E-state index in [-0.39, 0.29) is 0 Å². The standard InChI is InChI=1S/C21H22O/c1-14-13-15(2)20(16(14)3)18-11-7-8-12-19(18)21(22)17-9-5-4-6-10-17/h4-13,15,21-22H,1-3H3. The molecule has 1 aliphatic rings. The van der Waals surface area contributed by atoms with Crippen molar-refractivity contribution in [1.29, 1.82) is 0 Å². The molecule has 0 amide bonds. The molecular weight excluding hydrogens is 268 g/mol. The zero-order valence-electron chi connectivity index (χ0n) is 13.4. The molecule has 112 valence electrons. The first kappa shape index (κ1) is 14.8. The molecule has 1 heteroatoms. The van der Waals surface area contributed by atoms with Crippen LogP contribution in [0, 0.1) is 5.92 Å². The van der Waals surface area contributed by atoms with Crippen molar-refractivity contribution < 1.29 is 5.11 Å². The Kier molecular flexibility index (Phi) is 4.00. The van der Waals surface area contributed by atoms with Crippen LogP contribution in [0.2, 0.25) is 0 Å². The first-order valence-corrected chi connectivity index (χ1v) is 7.81. The molecule has 0 fully saturated rings. The number of benzene rings is 2. The smallest absolute Gasteiger partial charge is 0.105 e. The van der Waals surface area contributed by atoms with Crippen molar-refractivity contribution >= 4 is 5.57 Å². The fourth-order valence-electron chi connectivity index (χ4n) is 3.38. The van der Waals surface area contributed by atoms with Gasteiger partial charge in [-0.05, 0) is 41.7 Å². The number of allylic oxidation sites excluding steroid dienone is 4. The summed E-state index contributed by atoms with van der Waals surface area (Å²) < 4.78 is 0. The molecule has 1 nitrogen and oxygen atoms in total. The van der Waals surface area contributed by atoms with Gasteiger partial charge in [0.25, 0.3) is 0 Å². The van der Waals surface area contributed by atoms with E-state index in [2.05, 4.69) is 39.0 Å². The van der Waals surface area contributed by atoms with Crippen LogP contribution >= 0.6 is 0 Å².